The second kappa shape index (κ2) is 9.69. The number of nitrogens with zero attached hydrogens (tertiary/aromatic N) is 1. The van der Waals surface area contributed by atoms with Crippen LogP contribution in [0, 0.1) is 5.82 Å². The van der Waals surface area contributed by atoms with E-state index >= 15 is 0 Å². The van der Waals surface area contributed by atoms with Gasteiger partial charge in [-0.05, 0) is 34.9 Å². The highest BCUT2D eigenvalue weighted by atomic mass is 19.1. The molecule has 0 saturated carbocycles. The van der Waals surface area contributed by atoms with Gasteiger partial charge in [0.1, 0.15) is 17.6 Å². The molecule has 3 aromatic rings. The number of benzene rings is 3. The van der Waals surface area contributed by atoms with Gasteiger partial charge in [0, 0.05) is 13.5 Å². The van der Waals surface area contributed by atoms with E-state index in [0.717, 1.165) is 11.1 Å². The molecule has 5 nitrogen and oxygen atoms in total. The Morgan fingerprint density at radius 3 is 2.40 bits per heavy atom. The SMILES string of the molecule is CN(C(=O)COc1ccccc1Cc1ccccc1)C(C(N)=O)c1cccc(F)c1. The van der Waals surface area contributed by atoms with Gasteiger partial charge in [-0.15, -0.1) is 0 Å². The van der Waals surface area contributed by atoms with Gasteiger partial charge < -0.3 is 15.4 Å². The molecule has 3 aromatic carbocycles. The predicted molar refractivity (Wildman–Crippen MR) is 112 cm³/mol. The molecular weight excluding hydrogens is 383 g/mol. The third-order valence-corrected chi connectivity index (χ3v) is 4.78. The fourth-order valence-electron chi connectivity index (χ4n) is 3.25. The van der Waals surface area contributed by atoms with E-state index in [4.69, 9.17) is 10.5 Å². The van der Waals surface area contributed by atoms with Gasteiger partial charge in [0.2, 0.25) is 5.91 Å². The molecule has 0 saturated heterocycles. The summed E-state index contributed by atoms with van der Waals surface area (Å²) in [5.41, 5.74) is 7.85. The number of carbonyl (C=O) groups is 2. The maximum atomic E-state index is 13.6. The first-order valence-corrected chi connectivity index (χ1v) is 9.51. The van der Waals surface area contributed by atoms with E-state index in [1.807, 2.05) is 48.5 Å². The molecule has 0 aliphatic rings. The first-order chi connectivity index (χ1) is 14.5. The summed E-state index contributed by atoms with van der Waals surface area (Å²) in [7, 11) is 1.45. The highest BCUT2D eigenvalue weighted by Gasteiger charge is 2.27. The zero-order valence-electron chi connectivity index (χ0n) is 16.6. The Morgan fingerprint density at radius 1 is 1.00 bits per heavy atom. The summed E-state index contributed by atoms with van der Waals surface area (Å²) in [5.74, 6) is -1.12. The summed E-state index contributed by atoms with van der Waals surface area (Å²) < 4.78 is 19.3. The number of hydrogen-bond acceptors (Lipinski definition) is 3. The minimum atomic E-state index is -1.09. The third-order valence-electron chi connectivity index (χ3n) is 4.78. The largest absolute Gasteiger partial charge is 0.483 e. The van der Waals surface area contributed by atoms with E-state index in [-0.39, 0.29) is 6.61 Å². The number of primary amides is 1. The van der Waals surface area contributed by atoms with Crippen molar-refractivity contribution in [1.29, 1.82) is 0 Å². The fraction of sp³-hybridized carbons (Fsp3) is 0.167. The number of carbonyl (C=O) groups excluding carboxylic acids is 2. The van der Waals surface area contributed by atoms with Gasteiger partial charge in [-0.3, -0.25) is 9.59 Å². The lowest BCUT2D eigenvalue weighted by Crippen LogP contribution is -2.41. The van der Waals surface area contributed by atoms with Gasteiger partial charge in [-0.25, -0.2) is 4.39 Å². The van der Waals surface area contributed by atoms with Gasteiger partial charge in [0.05, 0.1) is 0 Å². The van der Waals surface area contributed by atoms with Crippen molar-refractivity contribution in [2.45, 2.75) is 12.5 Å². The summed E-state index contributed by atoms with van der Waals surface area (Å²) in [5, 5.41) is 0. The Morgan fingerprint density at radius 2 is 1.70 bits per heavy atom. The Hall–Kier alpha value is -3.67. The van der Waals surface area contributed by atoms with Crippen molar-refractivity contribution in [1.82, 2.24) is 4.90 Å². The van der Waals surface area contributed by atoms with Crippen molar-refractivity contribution in [3.8, 4) is 5.75 Å². The van der Waals surface area contributed by atoms with Crippen molar-refractivity contribution < 1.29 is 18.7 Å². The number of halogens is 1. The molecule has 3 rings (SSSR count). The lowest BCUT2D eigenvalue weighted by molar-refractivity contribution is -0.139. The van der Waals surface area contributed by atoms with Gasteiger partial charge in [-0.1, -0.05) is 60.7 Å². The van der Waals surface area contributed by atoms with Crippen LogP contribution >= 0.6 is 0 Å². The second-order valence-electron chi connectivity index (χ2n) is 6.92. The zero-order chi connectivity index (χ0) is 21.5. The van der Waals surface area contributed by atoms with Crippen molar-refractivity contribution in [2.24, 2.45) is 5.73 Å². The van der Waals surface area contributed by atoms with E-state index in [9.17, 15) is 14.0 Å². The van der Waals surface area contributed by atoms with Gasteiger partial charge >= 0.3 is 0 Å². The minimum Gasteiger partial charge on any atom is -0.483 e. The summed E-state index contributed by atoms with van der Waals surface area (Å²) in [4.78, 5) is 25.8. The molecule has 30 heavy (non-hydrogen) atoms. The summed E-state index contributed by atoms with van der Waals surface area (Å²) in [6.07, 6.45) is 0.661. The van der Waals surface area contributed by atoms with E-state index in [1.54, 1.807) is 12.1 Å². The van der Waals surface area contributed by atoms with Crippen molar-refractivity contribution in [2.75, 3.05) is 13.7 Å². The zero-order valence-corrected chi connectivity index (χ0v) is 16.6. The molecule has 0 aromatic heterocycles. The summed E-state index contributed by atoms with van der Waals surface area (Å²) in [6, 6.07) is 21.8. The lowest BCUT2D eigenvalue weighted by atomic mass is 10.0. The second-order valence-corrected chi connectivity index (χ2v) is 6.92. The molecule has 154 valence electrons. The summed E-state index contributed by atoms with van der Waals surface area (Å²) in [6.45, 7) is -0.276. The van der Waals surface area contributed by atoms with Crippen LogP contribution in [0.1, 0.15) is 22.7 Å². The van der Waals surface area contributed by atoms with Gasteiger partial charge in [-0.2, -0.15) is 0 Å². The van der Waals surface area contributed by atoms with Crippen LogP contribution in [0.4, 0.5) is 4.39 Å². The molecule has 0 fully saturated rings. The van der Waals surface area contributed by atoms with Crippen molar-refractivity contribution >= 4 is 11.8 Å². The maximum absolute atomic E-state index is 13.6. The molecule has 2 N–H and O–H groups in total. The first kappa shape index (κ1) is 21.0. The quantitative estimate of drug-likeness (QED) is 0.623. The topological polar surface area (TPSA) is 72.6 Å². The Bertz CT molecular complexity index is 1020. The van der Waals surface area contributed by atoms with E-state index < -0.39 is 23.7 Å². The average Bonchev–Trinajstić information content (AvgIpc) is 2.73. The van der Waals surface area contributed by atoms with Gasteiger partial charge in [0.25, 0.3) is 5.91 Å². The van der Waals surface area contributed by atoms with E-state index in [0.29, 0.717) is 17.7 Å². The molecule has 1 atom stereocenters. The maximum Gasteiger partial charge on any atom is 0.261 e. The highest BCUT2D eigenvalue weighted by Crippen LogP contribution is 2.23. The van der Waals surface area contributed by atoms with Crippen LogP contribution in [0.2, 0.25) is 0 Å². The number of para-hydroxylation sites is 1. The molecule has 0 spiro atoms. The van der Waals surface area contributed by atoms with E-state index in [1.165, 1.54) is 30.1 Å². The van der Waals surface area contributed by atoms with Crippen LogP contribution in [0.5, 0.6) is 5.75 Å². The Labute approximate surface area is 174 Å². The number of rotatable bonds is 8. The van der Waals surface area contributed by atoms with Crippen LogP contribution in [-0.4, -0.2) is 30.4 Å². The van der Waals surface area contributed by atoms with Crippen LogP contribution in [0.15, 0.2) is 78.9 Å². The van der Waals surface area contributed by atoms with Crippen LogP contribution in [-0.2, 0) is 16.0 Å². The molecule has 0 bridgehead atoms. The molecule has 0 aliphatic heterocycles. The third kappa shape index (κ3) is 5.23. The molecule has 1 unspecified atom stereocenters. The Kier molecular flexibility index (Phi) is 6.80. The number of hydrogen-bond donors (Lipinski definition) is 1. The molecule has 0 aliphatic carbocycles. The highest BCUT2D eigenvalue weighted by molar-refractivity contribution is 5.88. The monoisotopic (exact) mass is 406 g/mol. The number of nitrogens with two attached hydrogens (primary N) is 1. The minimum absolute atomic E-state index is 0.276. The molecule has 0 heterocycles. The molecular formula is C24H23FN2O3. The fourth-order valence-corrected chi connectivity index (χ4v) is 3.25. The molecule has 6 heteroatoms. The van der Waals surface area contributed by atoms with Gasteiger partial charge in [0.15, 0.2) is 6.61 Å². The van der Waals surface area contributed by atoms with Crippen LogP contribution < -0.4 is 10.5 Å². The summed E-state index contributed by atoms with van der Waals surface area (Å²) >= 11 is 0. The van der Waals surface area contributed by atoms with Crippen LogP contribution in [0.3, 0.4) is 0 Å². The average molecular weight is 406 g/mol. The van der Waals surface area contributed by atoms with Crippen molar-refractivity contribution in [3.63, 3.8) is 0 Å². The normalized spacial score (nSPS) is 11.5. The molecule has 2 amide bonds. The first-order valence-electron chi connectivity index (χ1n) is 9.51. The van der Waals surface area contributed by atoms with Crippen LogP contribution in [0.25, 0.3) is 0 Å². The number of ether oxygens (including phenoxy) is 1. The number of amides is 2. The number of likely N-dealkylation sites (N-methyl/N-ethyl adjacent to an activating group) is 1. The molecule has 0 radical (unpaired) electrons. The Balaban J connectivity index is 1.71. The lowest BCUT2D eigenvalue weighted by Gasteiger charge is -2.26. The van der Waals surface area contributed by atoms with E-state index in [2.05, 4.69) is 0 Å². The van der Waals surface area contributed by atoms with Crippen molar-refractivity contribution in [3.05, 3.63) is 101 Å². The standard InChI is InChI=1S/C24H23FN2O3/c1-27(23(24(26)29)19-11-7-12-20(25)15-19)22(28)16-30-21-13-6-5-10-18(21)14-17-8-3-2-4-9-17/h2-13,15,23H,14,16H2,1H3,(H2,26,29). The smallest absolute Gasteiger partial charge is 0.261 e. The predicted octanol–water partition coefficient (Wildman–Crippen LogP) is 3.48.